The van der Waals surface area contributed by atoms with Crippen molar-refractivity contribution in [2.24, 2.45) is 0 Å². The lowest BCUT2D eigenvalue weighted by atomic mass is 10.0. The van der Waals surface area contributed by atoms with Crippen LogP contribution < -0.4 is 0 Å². The van der Waals surface area contributed by atoms with Gasteiger partial charge in [-0.3, -0.25) is 4.90 Å². The van der Waals surface area contributed by atoms with Crippen LogP contribution >= 0.6 is 0 Å². The zero-order valence-corrected chi connectivity index (χ0v) is 18.1. The van der Waals surface area contributed by atoms with Crippen molar-refractivity contribution >= 4 is 18.0 Å². The maximum absolute atomic E-state index is 12.1. The Kier molecular flexibility index (Phi) is 7.84. The van der Waals surface area contributed by atoms with Gasteiger partial charge in [0.15, 0.2) is 0 Å². The van der Waals surface area contributed by atoms with Crippen LogP contribution in [0.4, 0.5) is 4.79 Å². The number of rotatable bonds is 3. The molecule has 1 aliphatic heterocycles. The highest BCUT2D eigenvalue weighted by Crippen LogP contribution is 2.15. The summed E-state index contributed by atoms with van der Waals surface area (Å²) >= 11 is 0. The minimum atomic E-state index is -0.627. The number of carbonyl (C=O) groups is 3. The van der Waals surface area contributed by atoms with E-state index in [1.807, 2.05) is 20.8 Å². The molecule has 8 heteroatoms. The second-order valence-corrected chi connectivity index (χ2v) is 7.79. The van der Waals surface area contributed by atoms with Gasteiger partial charge in [-0.15, -0.1) is 0 Å². The quantitative estimate of drug-likeness (QED) is 0.424. The summed E-state index contributed by atoms with van der Waals surface area (Å²) in [5, 5.41) is 0. The highest BCUT2D eigenvalue weighted by molar-refractivity contribution is 6.03. The molecular formula is C22H28N2O6. The smallest absolute Gasteiger partial charge is 0.410 e. The number of methoxy groups -OCH3 is 2. The average molecular weight is 416 g/mol. The molecule has 30 heavy (non-hydrogen) atoms. The SMILES string of the molecule is COC(=O)c1ccc(C#CCN2CCN(C(=O)OC(C)(C)C)CC2)cc1C(=O)OC. The van der Waals surface area contributed by atoms with Crippen molar-refractivity contribution in [2.75, 3.05) is 46.9 Å². The van der Waals surface area contributed by atoms with Gasteiger partial charge in [0.25, 0.3) is 0 Å². The molecule has 0 bridgehead atoms. The fourth-order valence-electron chi connectivity index (χ4n) is 2.86. The van der Waals surface area contributed by atoms with E-state index in [0.29, 0.717) is 38.3 Å². The molecule has 2 rings (SSSR count). The standard InChI is InChI=1S/C22H28N2O6/c1-22(2,3)30-21(27)24-13-11-23(12-14-24)10-6-7-16-8-9-17(19(25)28-4)18(15-16)20(26)29-5/h8-9,15H,10-14H2,1-5H3. The number of ether oxygens (including phenoxy) is 3. The van der Waals surface area contributed by atoms with Gasteiger partial charge >= 0.3 is 18.0 Å². The molecule has 0 spiro atoms. The Balaban J connectivity index is 1.97. The van der Waals surface area contributed by atoms with Crippen molar-refractivity contribution < 1.29 is 28.6 Å². The lowest BCUT2D eigenvalue weighted by Gasteiger charge is -2.34. The van der Waals surface area contributed by atoms with Crippen LogP contribution in [0.15, 0.2) is 18.2 Å². The molecule has 0 unspecified atom stereocenters. The van der Waals surface area contributed by atoms with E-state index >= 15 is 0 Å². The van der Waals surface area contributed by atoms with E-state index in [4.69, 9.17) is 14.2 Å². The van der Waals surface area contributed by atoms with Gasteiger partial charge in [0.1, 0.15) is 5.60 Å². The first kappa shape index (κ1) is 23.2. The van der Waals surface area contributed by atoms with E-state index in [1.54, 1.807) is 11.0 Å². The number of esters is 2. The number of amides is 1. The van der Waals surface area contributed by atoms with Crippen LogP contribution in [0.1, 0.15) is 47.1 Å². The minimum Gasteiger partial charge on any atom is -0.465 e. The third-order valence-corrected chi connectivity index (χ3v) is 4.39. The molecule has 8 nitrogen and oxygen atoms in total. The zero-order chi connectivity index (χ0) is 22.3. The molecule has 1 aromatic carbocycles. The Morgan fingerprint density at radius 3 is 2.13 bits per heavy atom. The van der Waals surface area contributed by atoms with Gasteiger partial charge < -0.3 is 19.1 Å². The molecule has 0 saturated carbocycles. The molecule has 0 atom stereocenters. The molecule has 0 aliphatic carbocycles. The molecular weight excluding hydrogens is 388 g/mol. The largest absolute Gasteiger partial charge is 0.465 e. The summed E-state index contributed by atoms with van der Waals surface area (Å²) in [7, 11) is 2.50. The normalized spacial score (nSPS) is 14.4. The number of carbonyl (C=O) groups excluding carboxylic acids is 3. The molecule has 1 aliphatic rings. The first-order valence-corrected chi connectivity index (χ1v) is 9.64. The third-order valence-electron chi connectivity index (χ3n) is 4.39. The summed E-state index contributed by atoms with van der Waals surface area (Å²) in [6.45, 7) is 8.62. The van der Waals surface area contributed by atoms with Crippen molar-refractivity contribution in [3.05, 3.63) is 34.9 Å². The second-order valence-electron chi connectivity index (χ2n) is 7.79. The molecule has 1 saturated heterocycles. The highest BCUT2D eigenvalue weighted by Gasteiger charge is 2.25. The van der Waals surface area contributed by atoms with Crippen LogP contribution in [-0.2, 0) is 14.2 Å². The maximum Gasteiger partial charge on any atom is 0.410 e. The number of benzene rings is 1. The number of hydrogen-bond acceptors (Lipinski definition) is 7. The maximum atomic E-state index is 12.1. The Hall–Kier alpha value is -3.05. The summed E-state index contributed by atoms with van der Waals surface area (Å²) < 4.78 is 14.8. The van der Waals surface area contributed by atoms with Gasteiger partial charge in [-0.25, -0.2) is 14.4 Å². The van der Waals surface area contributed by atoms with Crippen LogP contribution in [0, 0.1) is 11.8 Å². The predicted octanol–water partition coefficient (Wildman–Crippen LogP) is 2.16. The molecule has 1 amide bonds. The molecule has 1 aromatic rings. The van der Waals surface area contributed by atoms with Crippen LogP contribution in [0.5, 0.6) is 0 Å². The Bertz CT molecular complexity index is 855. The van der Waals surface area contributed by atoms with Gasteiger partial charge in [-0.2, -0.15) is 0 Å². The Morgan fingerprint density at radius 2 is 1.57 bits per heavy atom. The van der Waals surface area contributed by atoms with Crippen molar-refractivity contribution in [1.29, 1.82) is 0 Å². The van der Waals surface area contributed by atoms with Crippen molar-refractivity contribution in [3.8, 4) is 11.8 Å². The minimum absolute atomic E-state index is 0.113. The average Bonchev–Trinajstić information content (AvgIpc) is 2.71. The monoisotopic (exact) mass is 416 g/mol. The van der Waals surface area contributed by atoms with Gasteiger partial charge in [-0.05, 0) is 39.0 Å². The van der Waals surface area contributed by atoms with Crippen LogP contribution in [0.2, 0.25) is 0 Å². The molecule has 0 aromatic heterocycles. The zero-order valence-electron chi connectivity index (χ0n) is 18.1. The van der Waals surface area contributed by atoms with E-state index in [9.17, 15) is 14.4 Å². The summed E-state index contributed by atoms with van der Waals surface area (Å²) in [4.78, 5) is 39.7. The third kappa shape index (κ3) is 6.49. The summed E-state index contributed by atoms with van der Waals surface area (Å²) in [6, 6.07) is 4.68. The van der Waals surface area contributed by atoms with E-state index in [1.165, 1.54) is 26.4 Å². The lowest BCUT2D eigenvalue weighted by molar-refractivity contribution is 0.0155. The van der Waals surface area contributed by atoms with Crippen LogP contribution in [0.25, 0.3) is 0 Å². The second kappa shape index (κ2) is 10.1. The molecule has 162 valence electrons. The molecule has 1 heterocycles. The lowest BCUT2D eigenvalue weighted by Crippen LogP contribution is -2.50. The first-order chi connectivity index (χ1) is 14.1. The van der Waals surface area contributed by atoms with E-state index in [-0.39, 0.29) is 17.2 Å². The van der Waals surface area contributed by atoms with Crippen molar-refractivity contribution in [2.45, 2.75) is 26.4 Å². The van der Waals surface area contributed by atoms with Gasteiger partial charge in [0.2, 0.25) is 0 Å². The summed E-state index contributed by atoms with van der Waals surface area (Å²) in [5.74, 6) is 4.84. The first-order valence-electron chi connectivity index (χ1n) is 9.64. The fourth-order valence-corrected chi connectivity index (χ4v) is 2.86. The van der Waals surface area contributed by atoms with Crippen molar-refractivity contribution in [1.82, 2.24) is 9.80 Å². The van der Waals surface area contributed by atoms with Gasteiger partial charge in [-0.1, -0.05) is 11.8 Å². The number of piperazine rings is 1. The molecule has 1 fully saturated rings. The Morgan fingerprint density at radius 1 is 0.967 bits per heavy atom. The van der Waals surface area contributed by atoms with E-state index in [2.05, 4.69) is 16.7 Å². The van der Waals surface area contributed by atoms with E-state index in [0.717, 1.165) is 0 Å². The number of nitrogens with zero attached hydrogens (tertiary/aromatic N) is 2. The predicted molar refractivity (Wildman–Crippen MR) is 110 cm³/mol. The van der Waals surface area contributed by atoms with E-state index < -0.39 is 17.5 Å². The van der Waals surface area contributed by atoms with Gasteiger partial charge in [0, 0.05) is 31.7 Å². The summed E-state index contributed by atoms with van der Waals surface area (Å²) in [5.41, 5.74) is 0.331. The molecule has 0 radical (unpaired) electrons. The topological polar surface area (TPSA) is 85.4 Å². The fraction of sp³-hybridized carbons (Fsp3) is 0.500. The number of hydrogen-bond donors (Lipinski definition) is 0. The summed E-state index contributed by atoms with van der Waals surface area (Å²) in [6.07, 6.45) is -0.297. The van der Waals surface area contributed by atoms with Gasteiger partial charge in [0.05, 0.1) is 31.9 Å². The highest BCUT2D eigenvalue weighted by atomic mass is 16.6. The van der Waals surface area contributed by atoms with Crippen molar-refractivity contribution in [3.63, 3.8) is 0 Å². The Labute approximate surface area is 177 Å². The molecule has 0 N–H and O–H groups in total. The van der Waals surface area contributed by atoms with Crippen LogP contribution in [-0.4, -0.2) is 80.4 Å². The van der Waals surface area contributed by atoms with Crippen LogP contribution in [0.3, 0.4) is 0 Å².